The van der Waals surface area contributed by atoms with E-state index in [1.54, 1.807) is 32.9 Å². The zero-order valence-corrected chi connectivity index (χ0v) is 22.4. The fourth-order valence-electron chi connectivity index (χ4n) is 3.03. The van der Waals surface area contributed by atoms with Crippen LogP contribution < -0.4 is 4.74 Å². The number of allylic oxidation sites excluding steroid dienone is 1. The summed E-state index contributed by atoms with van der Waals surface area (Å²) in [7, 11) is 1.48. The molecule has 1 aromatic carbocycles. The molecule has 10 heteroatoms. The molecule has 174 valence electrons. The molecule has 0 unspecified atom stereocenters. The second kappa shape index (κ2) is 12.1. The molecule has 1 aromatic heterocycles. The maximum absolute atomic E-state index is 13.0. The Balaban J connectivity index is 2.51. The summed E-state index contributed by atoms with van der Waals surface area (Å²) in [5.74, 6) is -1.27. The van der Waals surface area contributed by atoms with Gasteiger partial charge in [0.25, 0.3) is 0 Å². The fourth-order valence-corrected chi connectivity index (χ4v) is 5.64. The molecule has 0 N–H and O–H groups in total. The second-order valence-electron chi connectivity index (χ2n) is 6.58. The molecule has 0 saturated heterocycles. The number of benzene rings is 1. The van der Waals surface area contributed by atoms with Crippen LogP contribution in [-0.4, -0.2) is 38.0 Å². The van der Waals surface area contributed by atoms with E-state index in [1.165, 1.54) is 13.2 Å². The van der Waals surface area contributed by atoms with Gasteiger partial charge in [-0.2, -0.15) is 5.26 Å². The largest absolute Gasteiger partial charge is 0.495 e. The third-order valence-corrected chi connectivity index (χ3v) is 6.76. The van der Waals surface area contributed by atoms with Crippen LogP contribution in [-0.2, 0) is 20.7 Å². The van der Waals surface area contributed by atoms with E-state index in [-0.39, 0.29) is 35.6 Å². The first-order chi connectivity index (χ1) is 15.7. The van der Waals surface area contributed by atoms with E-state index < -0.39 is 17.7 Å². The smallest absolute Gasteiger partial charge is 0.348 e. The summed E-state index contributed by atoms with van der Waals surface area (Å²) in [5, 5.41) is 9.65. The molecule has 0 fully saturated rings. The van der Waals surface area contributed by atoms with Crippen molar-refractivity contribution in [2.45, 2.75) is 27.2 Å². The first kappa shape index (κ1) is 26.8. The molecule has 0 spiro atoms. The highest BCUT2D eigenvalue weighted by molar-refractivity contribution is 9.11. The van der Waals surface area contributed by atoms with Gasteiger partial charge in [-0.05, 0) is 60.5 Å². The van der Waals surface area contributed by atoms with Crippen molar-refractivity contribution >= 4 is 67.0 Å². The Bertz CT molecular complexity index is 1160. The SMILES string of the molecule is CCOC(=O)c1sc(CC(=O)C(C#N)=Cc2cc(Br)cc(Br)c2OC)c(C(=O)OCC)c1C. The number of carbonyl (C=O) groups is 3. The van der Waals surface area contributed by atoms with Crippen LogP contribution in [0.25, 0.3) is 6.08 Å². The minimum atomic E-state index is -0.635. The van der Waals surface area contributed by atoms with Crippen molar-refractivity contribution in [2.24, 2.45) is 0 Å². The molecule has 1 heterocycles. The van der Waals surface area contributed by atoms with E-state index in [1.807, 2.05) is 6.07 Å². The van der Waals surface area contributed by atoms with E-state index in [0.717, 1.165) is 15.8 Å². The highest BCUT2D eigenvalue weighted by Gasteiger charge is 2.28. The molecular formula is C23H21Br2NO6S. The van der Waals surface area contributed by atoms with Crippen LogP contribution in [0.15, 0.2) is 26.7 Å². The van der Waals surface area contributed by atoms with Gasteiger partial charge in [0.15, 0.2) is 5.78 Å². The number of carbonyl (C=O) groups excluding carboxylic acids is 3. The van der Waals surface area contributed by atoms with Gasteiger partial charge in [0.1, 0.15) is 16.7 Å². The van der Waals surface area contributed by atoms with Crippen LogP contribution >= 0.6 is 43.2 Å². The van der Waals surface area contributed by atoms with Gasteiger partial charge in [-0.15, -0.1) is 11.3 Å². The normalized spacial score (nSPS) is 11.0. The summed E-state index contributed by atoms with van der Waals surface area (Å²) in [6, 6.07) is 5.41. The Kier molecular flexibility index (Phi) is 9.83. The molecule has 0 bridgehead atoms. The quantitative estimate of drug-likeness (QED) is 0.208. The van der Waals surface area contributed by atoms with Crippen molar-refractivity contribution in [1.82, 2.24) is 0 Å². The number of ketones is 1. The molecule has 33 heavy (non-hydrogen) atoms. The van der Waals surface area contributed by atoms with Gasteiger partial charge in [-0.1, -0.05) is 15.9 Å². The Morgan fingerprint density at radius 3 is 2.33 bits per heavy atom. The van der Waals surface area contributed by atoms with E-state index in [9.17, 15) is 19.6 Å². The lowest BCUT2D eigenvalue weighted by atomic mass is 10.0. The van der Waals surface area contributed by atoms with Crippen molar-refractivity contribution in [3.63, 3.8) is 0 Å². The summed E-state index contributed by atoms with van der Waals surface area (Å²) in [6.07, 6.45) is 1.17. The van der Waals surface area contributed by atoms with Crippen LogP contribution in [0.2, 0.25) is 0 Å². The van der Waals surface area contributed by atoms with Crippen molar-refractivity contribution in [3.05, 3.63) is 53.1 Å². The summed E-state index contributed by atoms with van der Waals surface area (Å²) in [5.41, 5.74) is 0.929. The van der Waals surface area contributed by atoms with Crippen molar-refractivity contribution in [2.75, 3.05) is 20.3 Å². The van der Waals surface area contributed by atoms with Crippen LogP contribution in [0.4, 0.5) is 0 Å². The number of halogens is 2. The number of hydrogen-bond donors (Lipinski definition) is 0. The number of nitriles is 1. The molecule has 0 radical (unpaired) electrons. The molecule has 2 aromatic rings. The third-order valence-electron chi connectivity index (χ3n) is 4.44. The van der Waals surface area contributed by atoms with Crippen molar-refractivity contribution in [1.29, 1.82) is 5.26 Å². The van der Waals surface area contributed by atoms with E-state index >= 15 is 0 Å². The van der Waals surface area contributed by atoms with E-state index in [2.05, 4.69) is 31.9 Å². The Morgan fingerprint density at radius 1 is 1.12 bits per heavy atom. The van der Waals surface area contributed by atoms with Gasteiger partial charge in [-0.25, -0.2) is 9.59 Å². The lowest BCUT2D eigenvalue weighted by Gasteiger charge is -2.09. The highest BCUT2D eigenvalue weighted by Crippen LogP contribution is 2.35. The van der Waals surface area contributed by atoms with Gasteiger partial charge >= 0.3 is 11.9 Å². The molecule has 0 aliphatic rings. The standard InChI is InChI=1S/C23H21Br2NO6S/c1-5-31-22(28)19-12(3)21(23(29)32-6-2)33-18(19)10-17(27)14(11-26)7-13-8-15(24)9-16(25)20(13)30-4/h7-9H,5-6,10H2,1-4H3. The molecule has 0 aliphatic carbocycles. The third kappa shape index (κ3) is 6.31. The number of methoxy groups -OCH3 is 1. The van der Waals surface area contributed by atoms with Gasteiger partial charge in [0.2, 0.25) is 0 Å². The molecule has 2 rings (SSSR count). The molecule has 0 aliphatic heterocycles. The Morgan fingerprint density at radius 2 is 1.76 bits per heavy atom. The summed E-state index contributed by atoms with van der Waals surface area (Å²) >= 11 is 7.76. The minimum Gasteiger partial charge on any atom is -0.495 e. The zero-order valence-electron chi connectivity index (χ0n) is 18.4. The number of hydrogen-bond acceptors (Lipinski definition) is 8. The first-order valence-electron chi connectivity index (χ1n) is 9.82. The number of ether oxygens (including phenoxy) is 3. The maximum atomic E-state index is 13.0. The zero-order chi connectivity index (χ0) is 24.7. The number of rotatable bonds is 9. The number of esters is 2. The lowest BCUT2D eigenvalue weighted by Crippen LogP contribution is -2.12. The van der Waals surface area contributed by atoms with E-state index in [4.69, 9.17) is 14.2 Å². The average Bonchev–Trinajstić information content (AvgIpc) is 3.07. The minimum absolute atomic E-state index is 0.128. The molecule has 7 nitrogen and oxygen atoms in total. The van der Waals surface area contributed by atoms with Crippen molar-refractivity contribution < 1.29 is 28.6 Å². The first-order valence-corrected chi connectivity index (χ1v) is 12.2. The maximum Gasteiger partial charge on any atom is 0.348 e. The van der Waals surface area contributed by atoms with Gasteiger partial charge < -0.3 is 14.2 Å². The monoisotopic (exact) mass is 597 g/mol. The van der Waals surface area contributed by atoms with Gasteiger partial charge in [-0.3, -0.25) is 4.79 Å². The van der Waals surface area contributed by atoms with Crippen molar-refractivity contribution in [3.8, 4) is 11.8 Å². The Labute approximate surface area is 212 Å². The summed E-state index contributed by atoms with van der Waals surface area (Å²) in [6.45, 7) is 5.25. The van der Waals surface area contributed by atoms with Crippen LogP contribution in [0.1, 0.15) is 49.9 Å². The molecule has 0 saturated carbocycles. The number of nitrogens with zero attached hydrogens (tertiary/aromatic N) is 1. The van der Waals surface area contributed by atoms with Crippen LogP contribution in [0.5, 0.6) is 5.75 Å². The fraction of sp³-hybridized carbons (Fsp3) is 0.304. The van der Waals surface area contributed by atoms with Gasteiger partial charge in [0.05, 0.1) is 35.9 Å². The highest BCUT2D eigenvalue weighted by atomic mass is 79.9. The van der Waals surface area contributed by atoms with Crippen LogP contribution in [0.3, 0.4) is 0 Å². The Hall–Kier alpha value is -2.48. The number of thiophene rings is 1. The number of Topliss-reactive ketones (excluding diaryl/α,β-unsaturated/α-hetero) is 1. The molecule has 0 atom stereocenters. The topological polar surface area (TPSA) is 103 Å². The molecular weight excluding hydrogens is 578 g/mol. The lowest BCUT2D eigenvalue weighted by molar-refractivity contribution is -0.114. The van der Waals surface area contributed by atoms with Crippen LogP contribution in [0, 0.1) is 18.3 Å². The molecule has 0 amide bonds. The predicted octanol–water partition coefficient (Wildman–Crippen LogP) is 5.66. The predicted molar refractivity (Wildman–Crippen MR) is 132 cm³/mol. The van der Waals surface area contributed by atoms with E-state index in [0.29, 0.717) is 26.2 Å². The van der Waals surface area contributed by atoms with Gasteiger partial charge in [0, 0.05) is 21.3 Å². The summed E-state index contributed by atoms with van der Waals surface area (Å²) in [4.78, 5) is 38.5. The average molecular weight is 599 g/mol. The summed E-state index contributed by atoms with van der Waals surface area (Å²) < 4.78 is 16.9. The second-order valence-corrected chi connectivity index (χ2v) is 9.45.